The Morgan fingerprint density at radius 3 is 2.82 bits per heavy atom. The van der Waals surface area contributed by atoms with Crippen LogP contribution in [-0.4, -0.2) is 14.5 Å². The average molecular weight is 471 g/mol. The Hall–Kier alpha value is -3.69. The van der Waals surface area contributed by atoms with E-state index in [9.17, 15) is 9.65 Å². The monoisotopic (exact) mass is 470 g/mol. The second kappa shape index (κ2) is 7.96. The number of allylic oxidation sites excluding steroid dienone is 1. The predicted molar refractivity (Wildman–Crippen MR) is 128 cm³/mol. The molecule has 168 valence electrons. The van der Waals surface area contributed by atoms with Crippen LogP contribution in [0, 0.1) is 17.1 Å². The standard InChI is InChI=1S/C27H20ClFN4O/c1-15(12-30)24-20-6-2-16(10-18(20)14-34-23-11-19(29)5-7-21(23)24)13-33-26(17-3-4-17)32-25-22(28)8-9-31-27(25)33/h2,5-11,17H,3-4,13-14H2,1H3. The van der Waals surface area contributed by atoms with Crippen molar-refractivity contribution in [2.75, 3.05) is 0 Å². The minimum Gasteiger partial charge on any atom is -0.488 e. The lowest BCUT2D eigenvalue weighted by Gasteiger charge is -2.14. The summed E-state index contributed by atoms with van der Waals surface area (Å²) in [7, 11) is 0. The zero-order valence-corrected chi connectivity index (χ0v) is 19.2. The number of benzene rings is 2. The molecule has 7 heteroatoms. The Bertz CT molecular complexity index is 1540. The van der Waals surface area contributed by atoms with Crippen LogP contribution in [0.3, 0.4) is 0 Å². The zero-order valence-electron chi connectivity index (χ0n) is 18.5. The van der Waals surface area contributed by atoms with Gasteiger partial charge in [0.25, 0.3) is 0 Å². The van der Waals surface area contributed by atoms with E-state index in [4.69, 9.17) is 21.3 Å². The van der Waals surface area contributed by atoms with E-state index >= 15 is 0 Å². The molecule has 1 saturated carbocycles. The second-order valence-corrected chi connectivity index (χ2v) is 9.24. The van der Waals surface area contributed by atoms with Crippen molar-refractivity contribution in [2.45, 2.75) is 38.8 Å². The van der Waals surface area contributed by atoms with Crippen molar-refractivity contribution < 1.29 is 9.13 Å². The van der Waals surface area contributed by atoms with Crippen LogP contribution >= 0.6 is 11.6 Å². The van der Waals surface area contributed by atoms with E-state index in [1.807, 2.05) is 6.07 Å². The molecule has 1 aliphatic carbocycles. The van der Waals surface area contributed by atoms with Crippen LogP contribution in [0.5, 0.6) is 5.75 Å². The minimum absolute atomic E-state index is 0.284. The molecular weight excluding hydrogens is 451 g/mol. The van der Waals surface area contributed by atoms with E-state index in [2.05, 4.69) is 27.8 Å². The highest BCUT2D eigenvalue weighted by atomic mass is 35.5. The number of hydrogen-bond acceptors (Lipinski definition) is 4. The van der Waals surface area contributed by atoms with E-state index in [0.717, 1.165) is 57.7 Å². The third kappa shape index (κ3) is 3.44. The molecule has 1 fully saturated rings. The van der Waals surface area contributed by atoms with Gasteiger partial charge >= 0.3 is 0 Å². The van der Waals surface area contributed by atoms with Gasteiger partial charge in [0.1, 0.15) is 29.5 Å². The van der Waals surface area contributed by atoms with E-state index in [-0.39, 0.29) is 12.4 Å². The number of aromatic nitrogens is 3. The number of pyridine rings is 1. The highest BCUT2D eigenvalue weighted by Gasteiger charge is 2.31. The van der Waals surface area contributed by atoms with Crippen molar-refractivity contribution in [1.29, 1.82) is 5.26 Å². The van der Waals surface area contributed by atoms with E-state index in [1.165, 1.54) is 12.1 Å². The third-order valence-corrected chi connectivity index (χ3v) is 6.78. The molecule has 3 heterocycles. The fourth-order valence-electron chi connectivity index (χ4n) is 4.69. The number of imidazole rings is 1. The number of nitrogens with zero attached hydrogens (tertiary/aromatic N) is 4. The number of halogens is 2. The van der Waals surface area contributed by atoms with Crippen LogP contribution < -0.4 is 4.74 Å². The average Bonchev–Trinajstić information content (AvgIpc) is 3.63. The van der Waals surface area contributed by atoms with Gasteiger partial charge in [0, 0.05) is 34.9 Å². The van der Waals surface area contributed by atoms with Crippen LogP contribution in [0.25, 0.3) is 16.7 Å². The first-order chi connectivity index (χ1) is 16.5. The summed E-state index contributed by atoms with van der Waals surface area (Å²) in [6.45, 7) is 2.66. The van der Waals surface area contributed by atoms with Crippen molar-refractivity contribution in [2.24, 2.45) is 0 Å². The van der Waals surface area contributed by atoms with Crippen LogP contribution in [0.1, 0.15) is 53.8 Å². The fourth-order valence-corrected chi connectivity index (χ4v) is 4.87. The van der Waals surface area contributed by atoms with Crippen LogP contribution in [-0.2, 0) is 13.2 Å². The Labute approximate surface area is 201 Å². The number of rotatable bonds is 3. The molecule has 0 amide bonds. The highest BCUT2D eigenvalue weighted by molar-refractivity contribution is 6.34. The summed E-state index contributed by atoms with van der Waals surface area (Å²) in [6.07, 6.45) is 3.95. The molecule has 0 spiro atoms. The summed E-state index contributed by atoms with van der Waals surface area (Å²) in [5.74, 6) is 1.53. The van der Waals surface area contributed by atoms with Crippen molar-refractivity contribution in [3.05, 3.63) is 93.2 Å². The lowest BCUT2D eigenvalue weighted by atomic mass is 9.90. The minimum atomic E-state index is -0.370. The van der Waals surface area contributed by atoms with E-state index in [0.29, 0.717) is 28.8 Å². The van der Waals surface area contributed by atoms with Gasteiger partial charge < -0.3 is 9.30 Å². The summed E-state index contributed by atoms with van der Waals surface area (Å²) in [4.78, 5) is 9.38. The van der Waals surface area contributed by atoms with E-state index < -0.39 is 0 Å². The molecule has 0 bridgehead atoms. The number of nitriles is 1. The summed E-state index contributed by atoms with van der Waals surface area (Å²) < 4.78 is 22.1. The largest absolute Gasteiger partial charge is 0.488 e. The topological polar surface area (TPSA) is 63.7 Å². The third-order valence-electron chi connectivity index (χ3n) is 6.48. The Morgan fingerprint density at radius 1 is 1.21 bits per heavy atom. The SMILES string of the molecule is CC(C#N)=C1c2ccc(Cn3c(C4CC4)nc4c(Cl)ccnc43)cc2COc2cc(F)ccc21. The first-order valence-corrected chi connectivity index (χ1v) is 11.6. The molecule has 34 heavy (non-hydrogen) atoms. The fraction of sp³-hybridized carbons (Fsp3) is 0.222. The summed E-state index contributed by atoms with van der Waals surface area (Å²) >= 11 is 6.41. The summed E-state index contributed by atoms with van der Waals surface area (Å²) in [6, 6.07) is 14.7. The van der Waals surface area contributed by atoms with Crippen LogP contribution in [0.15, 0.2) is 54.2 Å². The Balaban J connectivity index is 1.45. The van der Waals surface area contributed by atoms with Crippen molar-refractivity contribution in [3.63, 3.8) is 0 Å². The quantitative estimate of drug-likeness (QED) is 0.325. The van der Waals surface area contributed by atoms with Gasteiger partial charge in [0.2, 0.25) is 0 Å². The number of ether oxygens (including phenoxy) is 1. The summed E-state index contributed by atoms with van der Waals surface area (Å²) in [5, 5.41) is 10.3. The van der Waals surface area contributed by atoms with Crippen LogP contribution in [0.2, 0.25) is 5.02 Å². The molecule has 5 nitrogen and oxygen atoms in total. The molecule has 6 rings (SSSR count). The van der Waals surface area contributed by atoms with Gasteiger partial charge in [-0.15, -0.1) is 0 Å². The van der Waals surface area contributed by atoms with Gasteiger partial charge in [-0.3, -0.25) is 0 Å². The van der Waals surface area contributed by atoms with Crippen LogP contribution in [0.4, 0.5) is 4.39 Å². The van der Waals surface area contributed by atoms with Gasteiger partial charge in [-0.25, -0.2) is 14.4 Å². The molecular formula is C27H20ClFN4O. The van der Waals surface area contributed by atoms with Gasteiger partial charge in [-0.05, 0) is 60.7 Å². The second-order valence-electron chi connectivity index (χ2n) is 8.83. The molecule has 2 aromatic heterocycles. The first kappa shape index (κ1) is 20.9. The van der Waals surface area contributed by atoms with Crippen molar-refractivity contribution >= 4 is 28.3 Å². The normalized spacial score (nSPS) is 16.3. The van der Waals surface area contributed by atoms with E-state index in [1.54, 1.807) is 25.3 Å². The Morgan fingerprint density at radius 2 is 2.03 bits per heavy atom. The zero-order chi connectivity index (χ0) is 23.4. The first-order valence-electron chi connectivity index (χ1n) is 11.2. The maximum absolute atomic E-state index is 13.9. The molecule has 4 aromatic rings. The maximum Gasteiger partial charge on any atom is 0.161 e. The number of fused-ring (bicyclic) bond motifs is 3. The number of hydrogen-bond donors (Lipinski definition) is 0. The predicted octanol–water partition coefficient (Wildman–Crippen LogP) is 6.39. The van der Waals surface area contributed by atoms with Gasteiger partial charge in [0.05, 0.1) is 17.6 Å². The highest BCUT2D eigenvalue weighted by Crippen LogP contribution is 2.42. The molecule has 1 aliphatic heterocycles. The molecule has 0 N–H and O–H groups in total. The van der Waals surface area contributed by atoms with Gasteiger partial charge in [-0.1, -0.05) is 23.7 Å². The molecule has 0 atom stereocenters. The maximum atomic E-state index is 13.9. The molecule has 2 aliphatic rings. The lowest BCUT2D eigenvalue weighted by Crippen LogP contribution is -2.06. The molecule has 0 unspecified atom stereocenters. The Kier molecular flexibility index (Phi) is 4.89. The molecule has 0 saturated heterocycles. The molecule has 2 aromatic carbocycles. The van der Waals surface area contributed by atoms with Gasteiger partial charge in [0.15, 0.2) is 5.65 Å². The van der Waals surface area contributed by atoms with Crippen molar-refractivity contribution in [3.8, 4) is 11.8 Å². The summed E-state index contributed by atoms with van der Waals surface area (Å²) in [5.41, 5.74) is 6.51. The van der Waals surface area contributed by atoms with Gasteiger partial charge in [-0.2, -0.15) is 5.26 Å². The smallest absolute Gasteiger partial charge is 0.161 e. The molecule has 0 radical (unpaired) electrons. The lowest BCUT2D eigenvalue weighted by molar-refractivity contribution is 0.305. The van der Waals surface area contributed by atoms with Crippen molar-refractivity contribution in [1.82, 2.24) is 14.5 Å².